The summed E-state index contributed by atoms with van der Waals surface area (Å²) in [5.74, 6) is 0.872. The summed E-state index contributed by atoms with van der Waals surface area (Å²) in [7, 11) is 3.87. The van der Waals surface area contributed by atoms with Gasteiger partial charge < -0.3 is 15.0 Å². The molecule has 0 saturated carbocycles. The first kappa shape index (κ1) is 18.9. The highest BCUT2D eigenvalue weighted by molar-refractivity contribution is 7.09. The maximum absolute atomic E-state index is 12.0. The number of aryl methyl sites for hydroxylation is 1. The van der Waals surface area contributed by atoms with Gasteiger partial charge in [-0.3, -0.25) is 4.79 Å². The lowest BCUT2D eigenvalue weighted by atomic mass is 9.76. The van der Waals surface area contributed by atoms with Crippen LogP contribution in [0.3, 0.4) is 0 Å². The van der Waals surface area contributed by atoms with Crippen molar-refractivity contribution in [2.75, 3.05) is 20.7 Å². The van der Waals surface area contributed by atoms with Crippen LogP contribution in [-0.4, -0.2) is 37.6 Å². The molecule has 1 N–H and O–H groups in total. The predicted molar refractivity (Wildman–Crippen MR) is 107 cm³/mol. The predicted octanol–water partition coefficient (Wildman–Crippen LogP) is 3.82. The average molecular weight is 373 g/mol. The third-order valence-corrected chi connectivity index (χ3v) is 6.40. The highest BCUT2D eigenvalue weighted by atomic mass is 32.1. The Labute approximate surface area is 160 Å². The first-order valence-electron chi connectivity index (χ1n) is 9.18. The number of likely N-dealkylation sites (tertiary alicyclic amines) is 1. The number of piperidine rings is 1. The number of hydrogen-bond donors (Lipinski definition) is 1. The largest absolute Gasteiger partial charge is 0.497 e. The lowest BCUT2D eigenvalue weighted by Crippen LogP contribution is -2.55. The summed E-state index contributed by atoms with van der Waals surface area (Å²) < 4.78 is 5.29. The van der Waals surface area contributed by atoms with Gasteiger partial charge in [0.1, 0.15) is 5.75 Å². The van der Waals surface area contributed by atoms with E-state index in [1.165, 1.54) is 10.4 Å². The zero-order chi connectivity index (χ0) is 18.6. The van der Waals surface area contributed by atoms with Crippen molar-refractivity contribution in [3.05, 3.63) is 52.2 Å². The number of amides is 1. The molecule has 0 aliphatic carbocycles. The van der Waals surface area contributed by atoms with Crippen molar-refractivity contribution in [3.8, 4) is 5.75 Å². The van der Waals surface area contributed by atoms with E-state index in [-0.39, 0.29) is 11.4 Å². The van der Waals surface area contributed by atoms with Crippen LogP contribution in [-0.2, 0) is 16.8 Å². The highest BCUT2D eigenvalue weighted by Gasteiger charge is 2.40. The van der Waals surface area contributed by atoms with Crippen LogP contribution in [0.2, 0.25) is 0 Å². The van der Waals surface area contributed by atoms with Gasteiger partial charge in [0, 0.05) is 24.4 Å². The molecule has 5 heteroatoms. The second kappa shape index (κ2) is 8.23. The molecule has 26 heavy (non-hydrogen) atoms. The molecule has 140 valence electrons. The van der Waals surface area contributed by atoms with E-state index in [9.17, 15) is 4.79 Å². The SMILES string of the molecule is COc1ccc(C2(NC(C)=O)CCN(C)C(CCc3cccs3)C2)cc1. The van der Waals surface area contributed by atoms with Crippen LogP contribution in [0.15, 0.2) is 41.8 Å². The summed E-state index contributed by atoms with van der Waals surface area (Å²) in [4.78, 5) is 15.9. The van der Waals surface area contributed by atoms with Gasteiger partial charge in [-0.25, -0.2) is 0 Å². The lowest BCUT2D eigenvalue weighted by Gasteiger charge is -2.46. The van der Waals surface area contributed by atoms with E-state index in [1.807, 2.05) is 23.5 Å². The standard InChI is InChI=1S/C21H28N2O2S/c1-16(24)22-21(17-6-9-19(25-3)10-7-17)12-13-23(2)18(15-21)8-11-20-5-4-14-26-20/h4-7,9-10,14,18H,8,11-13,15H2,1-3H3,(H,22,24). The number of ether oxygens (including phenoxy) is 1. The highest BCUT2D eigenvalue weighted by Crippen LogP contribution is 2.37. The molecule has 2 heterocycles. The molecule has 2 unspecified atom stereocenters. The molecule has 1 amide bonds. The molecule has 0 spiro atoms. The van der Waals surface area contributed by atoms with Crippen LogP contribution in [0.4, 0.5) is 0 Å². The Hall–Kier alpha value is -1.85. The minimum absolute atomic E-state index is 0.0300. The van der Waals surface area contributed by atoms with Crippen LogP contribution in [0.5, 0.6) is 5.75 Å². The molecule has 1 saturated heterocycles. The molecule has 3 rings (SSSR count). The third-order valence-electron chi connectivity index (χ3n) is 5.46. The molecule has 0 radical (unpaired) electrons. The minimum atomic E-state index is -0.301. The first-order valence-corrected chi connectivity index (χ1v) is 10.1. The van der Waals surface area contributed by atoms with Gasteiger partial charge in [0.25, 0.3) is 0 Å². The molecule has 2 atom stereocenters. The van der Waals surface area contributed by atoms with Gasteiger partial charge in [0.05, 0.1) is 12.6 Å². The Balaban J connectivity index is 1.81. The topological polar surface area (TPSA) is 41.6 Å². The molecule has 2 aromatic rings. The maximum Gasteiger partial charge on any atom is 0.217 e. The van der Waals surface area contributed by atoms with Crippen LogP contribution in [0.25, 0.3) is 0 Å². The van der Waals surface area contributed by atoms with Gasteiger partial charge in [-0.2, -0.15) is 0 Å². The normalized spacial score (nSPS) is 23.6. The van der Waals surface area contributed by atoms with Crippen molar-refractivity contribution in [2.24, 2.45) is 0 Å². The fourth-order valence-corrected chi connectivity index (χ4v) is 4.72. The minimum Gasteiger partial charge on any atom is -0.497 e. The van der Waals surface area contributed by atoms with Crippen molar-refractivity contribution >= 4 is 17.2 Å². The maximum atomic E-state index is 12.0. The van der Waals surface area contributed by atoms with Crippen molar-refractivity contribution in [3.63, 3.8) is 0 Å². The molecule has 0 bridgehead atoms. The number of nitrogens with zero attached hydrogens (tertiary/aromatic N) is 1. The number of benzene rings is 1. The van der Waals surface area contributed by atoms with E-state index in [2.05, 4.69) is 46.9 Å². The van der Waals surface area contributed by atoms with Gasteiger partial charge in [-0.15, -0.1) is 11.3 Å². The molecular weight excluding hydrogens is 344 g/mol. The molecule has 1 aromatic heterocycles. The van der Waals surface area contributed by atoms with Gasteiger partial charge in [0.2, 0.25) is 5.91 Å². The monoisotopic (exact) mass is 372 g/mol. The van der Waals surface area contributed by atoms with E-state index in [4.69, 9.17) is 4.74 Å². The van der Waals surface area contributed by atoms with E-state index in [0.717, 1.165) is 38.0 Å². The summed E-state index contributed by atoms with van der Waals surface area (Å²) in [5.41, 5.74) is 0.868. The van der Waals surface area contributed by atoms with Gasteiger partial charge in [0.15, 0.2) is 0 Å². The van der Waals surface area contributed by atoms with Crippen LogP contribution >= 0.6 is 11.3 Å². The first-order chi connectivity index (χ1) is 12.5. The average Bonchev–Trinajstić information content (AvgIpc) is 3.15. The van der Waals surface area contributed by atoms with Gasteiger partial charge in [-0.05, 0) is 61.9 Å². The van der Waals surface area contributed by atoms with Crippen molar-refractivity contribution < 1.29 is 9.53 Å². The number of methoxy groups -OCH3 is 1. The van der Waals surface area contributed by atoms with E-state index >= 15 is 0 Å². The Morgan fingerprint density at radius 2 is 2.12 bits per heavy atom. The Morgan fingerprint density at radius 1 is 1.35 bits per heavy atom. The number of rotatable bonds is 6. The van der Waals surface area contributed by atoms with Crippen LogP contribution in [0.1, 0.15) is 36.6 Å². The number of thiophene rings is 1. The molecule has 1 aliphatic heterocycles. The molecule has 1 aromatic carbocycles. The van der Waals surface area contributed by atoms with E-state index in [0.29, 0.717) is 6.04 Å². The molecule has 4 nitrogen and oxygen atoms in total. The van der Waals surface area contributed by atoms with Gasteiger partial charge in [-0.1, -0.05) is 18.2 Å². The second-order valence-corrected chi connectivity index (χ2v) is 8.23. The van der Waals surface area contributed by atoms with Crippen molar-refractivity contribution in [1.82, 2.24) is 10.2 Å². The Bertz CT molecular complexity index is 714. The summed E-state index contributed by atoms with van der Waals surface area (Å²) in [6.07, 6.45) is 4.05. The van der Waals surface area contributed by atoms with Gasteiger partial charge >= 0.3 is 0 Å². The smallest absolute Gasteiger partial charge is 0.217 e. The zero-order valence-corrected chi connectivity index (χ0v) is 16.6. The third kappa shape index (κ3) is 4.27. The number of nitrogens with one attached hydrogen (secondary N) is 1. The van der Waals surface area contributed by atoms with E-state index < -0.39 is 0 Å². The fourth-order valence-electron chi connectivity index (χ4n) is 3.99. The summed E-state index contributed by atoms with van der Waals surface area (Å²) in [6.45, 7) is 2.59. The second-order valence-electron chi connectivity index (χ2n) is 7.20. The Kier molecular flexibility index (Phi) is 5.99. The summed E-state index contributed by atoms with van der Waals surface area (Å²) in [5, 5.41) is 5.43. The number of carbonyl (C=O) groups is 1. The quantitative estimate of drug-likeness (QED) is 0.838. The van der Waals surface area contributed by atoms with E-state index in [1.54, 1.807) is 14.0 Å². The molecular formula is C21H28N2O2S. The molecule has 1 aliphatic rings. The van der Waals surface area contributed by atoms with Crippen molar-refractivity contribution in [1.29, 1.82) is 0 Å². The zero-order valence-electron chi connectivity index (χ0n) is 15.8. The fraction of sp³-hybridized carbons (Fsp3) is 0.476. The summed E-state index contributed by atoms with van der Waals surface area (Å²) >= 11 is 1.82. The molecule has 1 fully saturated rings. The summed E-state index contributed by atoms with van der Waals surface area (Å²) in [6, 6.07) is 12.9. The Morgan fingerprint density at radius 3 is 2.73 bits per heavy atom. The number of hydrogen-bond acceptors (Lipinski definition) is 4. The number of carbonyl (C=O) groups excluding carboxylic acids is 1. The van der Waals surface area contributed by atoms with Crippen LogP contribution in [0, 0.1) is 0 Å². The van der Waals surface area contributed by atoms with Crippen LogP contribution < -0.4 is 10.1 Å². The van der Waals surface area contributed by atoms with Crippen molar-refractivity contribution in [2.45, 2.75) is 44.2 Å². The lowest BCUT2D eigenvalue weighted by molar-refractivity contribution is -0.122.